The van der Waals surface area contributed by atoms with Crippen LogP contribution in [-0.2, 0) is 4.79 Å². The molecule has 0 atom stereocenters. The van der Waals surface area contributed by atoms with Crippen molar-refractivity contribution in [1.82, 2.24) is 4.98 Å². The highest BCUT2D eigenvalue weighted by molar-refractivity contribution is 6.33. The summed E-state index contributed by atoms with van der Waals surface area (Å²) in [5, 5.41) is 5.92. The highest BCUT2D eigenvalue weighted by Gasteiger charge is 2.14. The average molecular weight is 358 g/mol. The Morgan fingerprint density at radius 1 is 1.04 bits per heavy atom. The number of hydrogen-bond acceptors (Lipinski definition) is 3. The highest BCUT2D eigenvalue weighted by atomic mass is 35.5. The molecule has 2 aromatic carbocycles. The Balaban J connectivity index is 1.88. The van der Waals surface area contributed by atoms with Crippen molar-refractivity contribution < 1.29 is 14.0 Å². The van der Waals surface area contributed by atoms with Gasteiger partial charge in [0.1, 0.15) is 11.0 Å². The fourth-order valence-electron chi connectivity index (χ4n) is 2.35. The predicted molar refractivity (Wildman–Crippen MR) is 95.4 cm³/mol. The summed E-state index contributed by atoms with van der Waals surface area (Å²) in [4.78, 5) is 27.7. The second-order valence-electron chi connectivity index (χ2n) is 5.38. The molecule has 0 spiro atoms. The molecule has 1 aromatic heterocycles. The Hall–Kier alpha value is -2.99. The van der Waals surface area contributed by atoms with Gasteiger partial charge < -0.3 is 10.6 Å². The number of nitrogens with one attached hydrogen (secondary N) is 2. The minimum Gasteiger partial charge on any atom is -0.326 e. The summed E-state index contributed by atoms with van der Waals surface area (Å²) in [5.41, 5.74) is 1.59. The zero-order valence-corrected chi connectivity index (χ0v) is 13.9. The van der Waals surface area contributed by atoms with Crippen molar-refractivity contribution in [1.29, 1.82) is 0 Å². The summed E-state index contributed by atoms with van der Waals surface area (Å²) in [5.74, 6) is -1.09. The minimum atomic E-state index is -0.455. The first kappa shape index (κ1) is 16.9. The second-order valence-corrected chi connectivity index (χ2v) is 5.74. The molecule has 5 nitrogen and oxygen atoms in total. The van der Waals surface area contributed by atoms with Crippen LogP contribution in [-0.4, -0.2) is 16.8 Å². The van der Waals surface area contributed by atoms with Gasteiger partial charge in [0.25, 0.3) is 5.91 Å². The van der Waals surface area contributed by atoms with Crippen LogP contribution in [0.2, 0.25) is 5.15 Å². The minimum absolute atomic E-state index is 0.0198. The Labute approximate surface area is 147 Å². The molecular formula is C18H13ClFN3O2. The van der Waals surface area contributed by atoms with Crippen molar-refractivity contribution >= 4 is 45.7 Å². The SMILES string of the molecule is CC(=O)Nc1cccc(NC(=O)c2cc3ccc(F)cc3nc2Cl)c1. The molecule has 0 aliphatic carbocycles. The van der Waals surface area contributed by atoms with E-state index in [4.69, 9.17) is 11.6 Å². The number of benzene rings is 2. The maximum atomic E-state index is 13.3. The Kier molecular flexibility index (Phi) is 4.63. The van der Waals surface area contributed by atoms with Gasteiger partial charge in [-0.15, -0.1) is 0 Å². The van der Waals surface area contributed by atoms with Gasteiger partial charge in [0.15, 0.2) is 0 Å². The van der Waals surface area contributed by atoms with E-state index in [-0.39, 0.29) is 16.6 Å². The summed E-state index contributed by atoms with van der Waals surface area (Å²) in [6, 6.07) is 12.3. The number of anilines is 2. The number of halogens is 2. The Morgan fingerprint density at radius 3 is 2.48 bits per heavy atom. The van der Waals surface area contributed by atoms with Crippen LogP contribution in [0.5, 0.6) is 0 Å². The molecule has 0 bridgehead atoms. The normalized spacial score (nSPS) is 10.5. The molecule has 7 heteroatoms. The number of carbonyl (C=O) groups excluding carboxylic acids is 2. The first-order valence-electron chi connectivity index (χ1n) is 7.37. The van der Waals surface area contributed by atoms with Gasteiger partial charge in [-0.05, 0) is 36.4 Å². The van der Waals surface area contributed by atoms with Crippen molar-refractivity contribution in [2.75, 3.05) is 10.6 Å². The van der Waals surface area contributed by atoms with Crippen LogP contribution in [0.25, 0.3) is 10.9 Å². The topological polar surface area (TPSA) is 71.1 Å². The van der Waals surface area contributed by atoms with Crippen LogP contribution in [0, 0.1) is 5.82 Å². The molecule has 0 unspecified atom stereocenters. The van der Waals surface area contributed by atoms with E-state index < -0.39 is 11.7 Å². The van der Waals surface area contributed by atoms with E-state index in [1.54, 1.807) is 30.3 Å². The first-order valence-corrected chi connectivity index (χ1v) is 7.75. The third kappa shape index (κ3) is 3.92. The van der Waals surface area contributed by atoms with Gasteiger partial charge in [-0.25, -0.2) is 9.37 Å². The summed E-state index contributed by atoms with van der Waals surface area (Å²) < 4.78 is 13.3. The number of pyridine rings is 1. The zero-order chi connectivity index (χ0) is 18.0. The number of amides is 2. The van der Waals surface area contributed by atoms with Gasteiger partial charge in [0, 0.05) is 29.8 Å². The van der Waals surface area contributed by atoms with E-state index in [2.05, 4.69) is 15.6 Å². The number of hydrogen-bond donors (Lipinski definition) is 2. The zero-order valence-electron chi connectivity index (χ0n) is 13.1. The number of nitrogens with zero attached hydrogens (tertiary/aromatic N) is 1. The third-order valence-corrected chi connectivity index (χ3v) is 3.71. The van der Waals surface area contributed by atoms with E-state index in [1.807, 2.05) is 0 Å². The van der Waals surface area contributed by atoms with Crippen LogP contribution in [0.4, 0.5) is 15.8 Å². The standard InChI is InChI=1S/C18H13ClFN3O2/c1-10(24)21-13-3-2-4-14(9-13)22-18(25)15-7-11-5-6-12(20)8-16(11)23-17(15)19/h2-9H,1H3,(H,21,24)(H,22,25). The second kappa shape index (κ2) is 6.86. The van der Waals surface area contributed by atoms with Crippen LogP contribution >= 0.6 is 11.6 Å². The third-order valence-electron chi connectivity index (χ3n) is 3.42. The fraction of sp³-hybridized carbons (Fsp3) is 0.0556. The lowest BCUT2D eigenvalue weighted by molar-refractivity contribution is -0.114. The Bertz CT molecular complexity index is 991. The lowest BCUT2D eigenvalue weighted by Gasteiger charge is -2.09. The molecular weight excluding hydrogens is 345 g/mol. The van der Waals surface area contributed by atoms with Gasteiger partial charge in [-0.1, -0.05) is 17.7 Å². The van der Waals surface area contributed by atoms with Crippen molar-refractivity contribution in [3.8, 4) is 0 Å². The summed E-state index contributed by atoms with van der Waals surface area (Å²) in [6.07, 6.45) is 0. The molecule has 2 N–H and O–H groups in total. The number of fused-ring (bicyclic) bond motifs is 1. The quantitative estimate of drug-likeness (QED) is 0.689. The van der Waals surface area contributed by atoms with Crippen molar-refractivity contribution in [2.24, 2.45) is 0 Å². The van der Waals surface area contributed by atoms with Crippen molar-refractivity contribution in [3.05, 3.63) is 65.1 Å². The smallest absolute Gasteiger partial charge is 0.258 e. The molecule has 3 rings (SSSR count). The fourth-order valence-corrected chi connectivity index (χ4v) is 2.58. The maximum absolute atomic E-state index is 13.3. The molecule has 0 aliphatic rings. The van der Waals surface area contributed by atoms with Crippen LogP contribution in [0.1, 0.15) is 17.3 Å². The van der Waals surface area contributed by atoms with Gasteiger partial charge in [0.2, 0.25) is 5.91 Å². The van der Waals surface area contributed by atoms with Crippen LogP contribution < -0.4 is 10.6 Å². The van der Waals surface area contributed by atoms with Gasteiger partial charge in [0.05, 0.1) is 11.1 Å². The number of aromatic nitrogens is 1. The summed E-state index contributed by atoms with van der Waals surface area (Å²) >= 11 is 6.07. The highest BCUT2D eigenvalue weighted by Crippen LogP contribution is 2.23. The Morgan fingerprint density at radius 2 is 1.76 bits per heavy atom. The van der Waals surface area contributed by atoms with E-state index in [0.29, 0.717) is 22.3 Å². The molecule has 2 amide bonds. The van der Waals surface area contributed by atoms with Crippen LogP contribution in [0.3, 0.4) is 0 Å². The lowest BCUT2D eigenvalue weighted by atomic mass is 10.1. The maximum Gasteiger partial charge on any atom is 0.258 e. The van der Waals surface area contributed by atoms with E-state index in [9.17, 15) is 14.0 Å². The molecule has 1 heterocycles. The number of carbonyl (C=O) groups is 2. The van der Waals surface area contributed by atoms with Gasteiger partial charge >= 0.3 is 0 Å². The largest absolute Gasteiger partial charge is 0.326 e. The van der Waals surface area contributed by atoms with E-state index >= 15 is 0 Å². The first-order chi connectivity index (χ1) is 11.9. The molecule has 0 saturated heterocycles. The molecule has 25 heavy (non-hydrogen) atoms. The summed E-state index contributed by atoms with van der Waals surface area (Å²) in [7, 11) is 0. The molecule has 0 saturated carbocycles. The molecule has 0 radical (unpaired) electrons. The van der Waals surface area contributed by atoms with Gasteiger partial charge in [-0.3, -0.25) is 9.59 Å². The molecule has 126 valence electrons. The average Bonchev–Trinajstić information content (AvgIpc) is 2.53. The molecule has 0 fully saturated rings. The molecule has 3 aromatic rings. The van der Waals surface area contributed by atoms with Gasteiger partial charge in [-0.2, -0.15) is 0 Å². The summed E-state index contributed by atoms with van der Waals surface area (Å²) in [6.45, 7) is 1.40. The predicted octanol–water partition coefficient (Wildman–Crippen LogP) is 4.24. The molecule has 0 aliphatic heterocycles. The van der Waals surface area contributed by atoms with Crippen LogP contribution in [0.15, 0.2) is 48.5 Å². The lowest BCUT2D eigenvalue weighted by Crippen LogP contribution is -2.13. The van der Waals surface area contributed by atoms with Crippen molar-refractivity contribution in [2.45, 2.75) is 6.92 Å². The van der Waals surface area contributed by atoms with E-state index in [1.165, 1.54) is 25.1 Å². The number of rotatable bonds is 3. The monoisotopic (exact) mass is 357 g/mol. The van der Waals surface area contributed by atoms with E-state index in [0.717, 1.165) is 0 Å². The van der Waals surface area contributed by atoms with Crippen molar-refractivity contribution in [3.63, 3.8) is 0 Å².